The van der Waals surface area contributed by atoms with Gasteiger partial charge in [-0.3, -0.25) is 0 Å². The van der Waals surface area contributed by atoms with Crippen molar-refractivity contribution in [2.75, 3.05) is 12.4 Å². The average Bonchev–Trinajstić information content (AvgIpc) is 3.04. The van der Waals surface area contributed by atoms with Crippen LogP contribution in [0.2, 0.25) is 5.02 Å². The second kappa shape index (κ2) is 5.36. The molecule has 0 spiro atoms. The largest absolute Gasteiger partial charge is 0.495 e. The van der Waals surface area contributed by atoms with Gasteiger partial charge in [-0.1, -0.05) is 54.1 Å². The van der Waals surface area contributed by atoms with Gasteiger partial charge < -0.3 is 10.1 Å². The van der Waals surface area contributed by atoms with Crippen LogP contribution in [0.5, 0.6) is 5.75 Å². The highest BCUT2D eigenvalue weighted by Gasteiger charge is 2.39. The van der Waals surface area contributed by atoms with Gasteiger partial charge in [0.1, 0.15) is 5.75 Å². The van der Waals surface area contributed by atoms with Crippen molar-refractivity contribution in [2.24, 2.45) is 5.92 Å². The Morgan fingerprint density at radius 1 is 1.09 bits per heavy atom. The Morgan fingerprint density at radius 2 is 1.91 bits per heavy atom. The van der Waals surface area contributed by atoms with E-state index in [1.807, 2.05) is 18.2 Å². The molecular formula is C19H18ClNO. The van der Waals surface area contributed by atoms with Gasteiger partial charge in [0.2, 0.25) is 0 Å². The molecule has 1 heterocycles. The second-order valence-corrected chi connectivity index (χ2v) is 6.33. The van der Waals surface area contributed by atoms with Crippen LogP contribution in [0.1, 0.15) is 29.5 Å². The summed E-state index contributed by atoms with van der Waals surface area (Å²) in [5.41, 5.74) is 3.59. The van der Waals surface area contributed by atoms with Crippen LogP contribution in [0.25, 0.3) is 0 Å². The quantitative estimate of drug-likeness (QED) is 0.772. The summed E-state index contributed by atoms with van der Waals surface area (Å²) in [4.78, 5) is 0. The molecular weight excluding hydrogens is 294 g/mol. The Bertz CT molecular complexity index is 740. The molecule has 1 N–H and O–H groups in total. The Morgan fingerprint density at radius 3 is 2.73 bits per heavy atom. The minimum absolute atomic E-state index is 0.206. The molecule has 0 radical (unpaired) electrons. The molecule has 3 heteroatoms. The maximum absolute atomic E-state index is 6.46. The lowest BCUT2D eigenvalue weighted by atomic mass is 9.77. The lowest BCUT2D eigenvalue weighted by molar-refractivity contribution is 0.397. The van der Waals surface area contributed by atoms with E-state index in [1.54, 1.807) is 7.11 Å². The monoisotopic (exact) mass is 311 g/mol. The van der Waals surface area contributed by atoms with E-state index in [4.69, 9.17) is 16.3 Å². The molecule has 0 unspecified atom stereocenters. The molecule has 1 aliphatic heterocycles. The molecule has 0 saturated carbocycles. The molecule has 1 aliphatic carbocycles. The third kappa shape index (κ3) is 2.02. The Hall–Kier alpha value is -1.93. The number of fused-ring (bicyclic) bond motifs is 3. The Balaban J connectivity index is 1.85. The highest BCUT2D eigenvalue weighted by atomic mass is 35.5. The van der Waals surface area contributed by atoms with Crippen LogP contribution in [0, 0.1) is 5.92 Å². The van der Waals surface area contributed by atoms with Gasteiger partial charge in [0.15, 0.2) is 0 Å². The molecule has 0 amide bonds. The first-order valence-corrected chi connectivity index (χ1v) is 8.02. The predicted molar refractivity (Wildman–Crippen MR) is 90.8 cm³/mol. The topological polar surface area (TPSA) is 21.3 Å². The van der Waals surface area contributed by atoms with E-state index in [0.717, 1.165) is 22.9 Å². The lowest BCUT2D eigenvalue weighted by Gasteiger charge is -2.38. The second-order valence-electron chi connectivity index (χ2n) is 5.92. The highest BCUT2D eigenvalue weighted by Crippen LogP contribution is 2.52. The molecule has 0 bridgehead atoms. The van der Waals surface area contributed by atoms with Gasteiger partial charge >= 0.3 is 0 Å². The van der Waals surface area contributed by atoms with Crippen molar-refractivity contribution in [3.8, 4) is 5.75 Å². The molecule has 22 heavy (non-hydrogen) atoms. The van der Waals surface area contributed by atoms with Crippen molar-refractivity contribution in [3.63, 3.8) is 0 Å². The molecule has 4 rings (SSSR count). The molecule has 2 aromatic carbocycles. The van der Waals surface area contributed by atoms with Crippen LogP contribution in [-0.2, 0) is 0 Å². The number of hydrogen-bond donors (Lipinski definition) is 1. The van der Waals surface area contributed by atoms with Crippen LogP contribution in [-0.4, -0.2) is 7.11 Å². The van der Waals surface area contributed by atoms with Gasteiger partial charge in [0.05, 0.1) is 18.8 Å². The Kier molecular flexibility index (Phi) is 3.34. The number of ether oxygens (including phenoxy) is 1. The number of benzene rings is 2. The van der Waals surface area contributed by atoms with E-state index in [1.165, 1.54) is 11.1 Å². The van der Waals surface area contributed by atoms with E-state index >= 15 is 0 Å². The van der Waals surface area contributed by atoms with Crippen molar-refractivity contribution in [1.82, 2.24) is 0 Å². The minimum atomic E-state index is 0.206. The summed E-state index contributed by atoms with van der Waals surface area (Å²) >= 11 is 6.46. The summed E-state index contributed by atoms with van der Waals surface area (Å²) < 4.78 is 5.56. The van der Waals surface area contributed by atoms with Gasteiger partial charge in [-0.25, -0.2) is 0 Å². The van der Waals surface area contributed by atoms with E-state index in [0.29, 0.717) is 11.8 Å². The van der Waals surface area contributed by atoms with Crippen LogP contribution in [0.15, 0.2) is 54.6 Å². The SMILES string of the molecule is COc1cccc2c1N[C@H](c1ccccc1Cl)[C@H]1CC=C[C@@H]21. The zero-order valence-corrected chi connectivity index (χ0v) is 13.2. The minimum Gasteiger partial charge on any atom is -0.495 e. The number of hydrogen-bond acceptors (Lipinski definition) is 2. The van der Waals surface area contributed by atoms with E-state index < -0.39 is 0 Å². The van der Waals surface area contributed by atoms with Gasteiger partial charge in [-0.05, 0) is 35.6 Å². The first-order chi connectivity index (χ1) is 10.8. The lowest BCUT2D eigenvalue weighted by Crippen LogP contribution is -2.29. The summed E-state index contributed by atoms with van der Waals surface area (Å²) in [5.74, 6) is 1.82. The molecule has 2 aromatic rings. The summed E-state index contributed by atoms with van der Waals surface area (Å²) in [6, 6.07) is 14.6. The van der Waals surface area contributed by atoms with Gasteiger partial charge in [-0.15, -0.1) is 0 Å². The number of halogens is 1. The first kappa shape index (κ1) is 13.7. The third-order valence-electron chi connectivity index (χ3n) is 4.82. The molecule has 112 valence electrons. The van der Waals surface area contributed by atoms with Crippen molar-refractivity contribution in [2.45, 2.75) is 18.4 Å². The number of anilines is 1. The normalized spacial score (nSPS) is 25.3. The fourth-order valence-corrected chi connectivity index (χ4v) is 4.05. The van der Waals surface area contributed by atoms with E-state index in [-0.39, 0.29) is 6.04 Å². The fraction of sp³-hybridized carbons (Fsp3) is 0.263. The molecule has 2 aliphatic rings. The third-order valence-corrected chi connectivity index (χ3v) is 5.16. The van der Waals surface area contributed by atoms with Crippen LogP contribution >= 0.6 is 11.6 Å². The molecule has 3 atom stereocenters. The van der Waals surface area contributed by atoms with Crippen LogP contribution in [0.4, 0.5) is 5.69 Å². The van der Waals surface area contributed by atoms with E-state index in [9.17, 15) is 0 Å². The van der Waals surface area contributed by atoms with Crippen molar-refractivity contribution < 1.29 is 4.74 Å². The van der Waals surface area contributed by atoms with Crippen molar-refractivity contribution in [3.05, 3.63) is 70.8 Å². The van der Waals surface area contributed by atoms with Crippen molar-refractivity contribution >= 4 is 17.3 Å². The molecule has 0 saturated heterocycles. The summed E-state index contributed by atoms with van der Waals surface area (Å²) in [5, 5.41) is 4.52. The molecule has 0 aromatic heterocycles. The average molecular weight is 312 g/mol. The maximum Gasteiger partial charge on any atom is 0.142 e. The summed E-state index contributed by atoms with van der Waals surface area (Å²) in [6.45, 7) is 0. The molecule has 2 nitrogen and oxygen atoms in total. The highest BCUT2D eigenvalue weighted by molar-refractivity contribution is 6.31. The zero-order chi connectivity index (χ0) is 15.1. The Labute approximate surface area is 135 Å². The van der Waals surface area contributed by atoms with Crippen molar-refractivity contribution in [1.29, 1.82) is 0 Å². The molecule has 0 fully saturated rings. The van der Waals surface area contributed by atoms with Gasteiger partial charge in [0.25, 0.3) is 0 Å². The zero-order valence-electron chi connectivity index (χ0n) is 12.4. The smallest absolute Gasteiger partial charge is 0.142 e. The number of allylic oxidation sites excluding steroid dienone is 2. The fourth-order valence-electron chi connectivity index (χ4n) is 3.80. The van der Waals surface area contributed by atoms with Gasteiger partial charge in [-0.2, -0.15) is 0 Å². The first-order valence-electron chi connectivity index (χ1n) is 7.64. The maximum atomic E-state index is 6.46. The number of nitrogens with one attached hydrogen (secondary N) is 1. The van der Waals surface area contributed by atoms with Gasteiger partial charge in [0, 0.05) is 10.9 Å². The van der Waals surface area contributed by atoms with E-state index in [2.05, 4.69) is 41.7 Å². The number of para-hydroxylation sites is 1. The number of methoxy groups -OCH3 is 1. The summed E-state index contributed by atoms with van der Waals surface area (Å²) in [6.07, 6.45) is 5.69. The number of rotatable bonds is 2. The van der Waals surface area contributed by atoms with Crippen LogP contribution in [0.3, 0.4) is 0 Å². The summed E-state index contributed by atoms with van der Waals surface area (Å²) in [7, 11) is 1.72. The van der Waals surface area contributed by atoms with Crippen LogP contribution < -0.4 is 10.1 Å². The standard InChI is InChI=1S/C19H18ClNO/c1-22-17-11-5-9-14-12-7-4-8-13(12)18(21-19(14)17)15-6-2-3-10-16(15)20/h2-7,9-13,18,21H,8H2,1H3/t12-,13+,18+/m1/s1. The predicted octanol–water partition coefficient (Wildman–Crippen LogP) is 5.18.